The Balaban J connectivity index is 2.30. The van der Waals surface area contributed by atoms with Gasteiger partial charge >= 0.3 is 0 Å². The average Bonchev–Trinajstić information content (AvgIpc) is 2.53. The molecular formula is C15H13F. The summed E-state index contributed by atoms with van der Waals surface area (Å²) >= 11 is 0. The lowest BCUT2D eigenvalue weighted by molar-refractivity contribution is 0.625. The maximum absolute atomic E-state index is 13.2. The van der Waals surface area contributed by atoms with Crippen LogP contribution in [0.3, 0.4) is 0 Å². The van der Waals surface area contributed by atoms with Crippen LogP contribution < -0.4 is 0 Å². The van der Waals surface area contributed by atoms with Crippen LogP contribution in [0, 0.1) is 12.7 Å². The molecule has 1 atom stereocenters. The Bertz CT molecular complexity index is 518. The number of benzene rings is 2. The highest BCUT2D eigenvalue weighted by molar-refractivity contribution is 5.78. The fourth-order valence-electron chi connectivity index (χ4n) is 2.59. The third-order valence-corrected chi connectivity index (χ3v) is 3.44. The summed E-state index contributed by atoms with van der Waals surface area (Å²) in [6, 6.07) is 11.6. The van der Waals surface area contributed by atoms with Gasteiger partial charge in [-0.1, -0.05) is 36.8 Å². The van der Waals surface area contributed by atoms with Crippen molar-refractivity contribution < 1.29 is 4.39 Å². The fourth-order valence-corrected chi connectivity index (χ4v) is 2.59. The van der Waals surface area contributed by atoms with Crippen LogP contribution in [0.15, 0.2) is 36.4 Å². The monoisotopic (exact) mass is 212 g/mol. The maximum Gasteiger partial charge on any atom is 0.123 e. The molecule has 0 saturated carbocycles. The zero-order valence-corrected chi connectivity index (χ0v) is 9.42. The van der Waals surface area contributed by atoms with Crippen LogP contribution >= 0.6 is 0 Å². The lowest BCUT2D eigenvalue weighted by Crippen LogP contribution is -1.90. The predicted molar refractivity (Wildman–Crippen MR) is 64.1 cm³/mol. The number of hydrogen-bond donors (Lipinski definition) is 0. The molecule has 0 saturated heterocycles. The second-order valence-corrected chi connectivity index (χ2v) is 4.54. The van der Waals surface area contributed by atoms with E-state index in [4.69, 9.17) is 0 Å². The van der Waals surface area contributed by atoms with Crippen LogP contribution in [0.2, 0.25) is 0 Å². The van der Waals surface area contributed by atoms with Gasteiger partial charge in [0.2, 0.25) is 0 Å². The van der Waals surface area contributed by atoms with Crippen LogP contribution in [0.4, 0.5) is 4.39 Å². The summed E-state index contributed by atoms with van der Waals surface area (Å²) in [5.74, 6) is 0.163. The molecule has 0 heterocycles. The minimum Gasteiger partial charge on any atom is -0.207 e. The van der Waals surface area contributed by atoms with Crippen LogP contribution in [-0.4, -0.2) is 0 Å². The molecule has 2 aromatic rings. The Hall–Kier alpha value is -1.63. The number of halogens is 1. The SMILES string of the molecule is Cc1ccc2c(c1)C(C)c1cc(F)ccc1-2. The summed E-state index contributed by atoms with van der Waals surface area (Å²) in [6.45, 7) is 4.24. The van der Waals surface area contributed by atoms with Crippen molar-refractivity contribution in [1.29, 1.82) is 0 Å². The highest BCUT2D eigenvalue weighted by Crippen LogP contribution is 2.44. The Labute approximate surface area is 94.7 Å². The molecule has 0 aromatic heterocycles. The van der Waals surface area contributed by atoms with E-state index < -0.39 is 0 Å². The van der Waals surface area contributed by atoms with E-state index in [2.05, 4.69) is 32.0 Å². The van der Waals surface area contributed by atoms with Crippen molar-refractivity contribution in [2.24, 2.45) is 0 Å². The number of hydrogen-bond acceptors (Lipinski definition) is 0. The first-order valence-corrected chi connectivity index (χ1v) is 5.57. The van der Waals surface area contributed by atoms with Crippen molar-refractivity contribution in [3.8, 4) is 11.1 Å². The molecule has 0 aliphatic heterocycles. The van der Waals surface area contributed by atoms with E-state index in [9.17, 15) is 4.39 Å². The molecule has 80 valence electrons. The standard InChI is InChI=1S/C15H13F/c1-9-3-5-12-13-6-4-11(16)8-15(13)10(2)14(12)7-9/h3-8,10H,1-2H3. The molecule has 0 amide bonds. The first-order valence-electron chi connectivity index (χ1n) is 5.57. The van der Waals surface area contributed by atoms with E-state index in [1.54, 1.807) is 12.1 Å². The Morgan fingerprint density at radius 3 is 2.31 bits per heavy atom. The third kappa shape index (κ3) is 1.21. The van der Waals surface area contributed by atoms with E-state index in [0.717, 1.165) is 5.56 Å². The molecule has 16 heavy (non-hydrogen) atoms. The van der Waals surface area contributed by atoms with E-state index in [1.807, 2.05) is 6.07 Å². The summed E-state index contributed by atoms with van der Waals surface area (Å²) in [7, 11) is 0. The number of fused-ring (bicyclic) bond motifs is 3. The molecule has 0 N–H and O–H groups in total. The van der Waals surface area contributed by atoms with Crippen molar-refractivity contribution in [1.82, 2.24) is 0 Å². The van der Waals surface area contributed by atoms with E-state index in [-0.39, 0.29) is 5.82 Å². The molecule has 1 aliphatic rings. The highest BCUT2D eigenvalue weighted by Gasteiger charge is 2.25. The van der Waals surface area contributed by atoms with Gasteiger partial charge in [0.25, 0.3) is 0 Å². The zero-order valence-electron chi connectivity index (χ0n) is 9.42. The molecule has 3 rings (SSSR count). The summed E-state index contributed by atoms with van der Waals surface area (Å²) < 4.78 is 13.2. The van der Waals surface area contributed by atoms with Gasteiger partial charge in [0, 0.05) is 5.92 Å². The number of rotatable bonds is 0. The van der Waals surface area contributed by atoms with Gasteiger partial charge < -0.3 is 0 Å². The molecule has 0 bridgehead atoms. The molecule has 1 heteroatoms. The summed E-state index contributed by atoms with van der Waals surface area (Å²) in [4.78, 5) is 0. The van der Waals surface area contributed by atoms with Gasteiger partial charge in [0.1, 0.15) is 5.82 Å². The van der Waals surface area contributed by atoms with E-state index in [0.29, 0.717) is 5.92 Å². The van der Waals surface area contributed by atoms with Crippen LogP contribution in [0.5, 0.6) is 0 Å². The second-order valence-electron chi connectivity index (χ2n) is 4.54. The normalized spacial score (nSPS) is 17.1. The van der Waals surface area contributed by atoms with E-state index >= 15 is 0 Å². The topological polar surface area (TPSA) is 0 Å². The average molecular weight is 212 g/mol. The lowest BCUT2D eigenvalue weighted by atomic mass is 9.98. The molecule has 1 aliphatic carbocycles. The Morgan fingerprint density at radius 2 is 1.56 bits per heavy atom. The van der Waals surface area contributed by atoms with Gasteiger partial charge in [-0.25, -0.2) is 4.39 Å². The largest absolute Gasteiger partial charge is 0.207 e. The molecule has 2 aromatic carbocycles. The quantitative estimate of drug-likeness (QED) is 0.612. The summed E-state index contributed by atoms with van der Waals surface area (Å²) in [6.07, 6.45) is 0. The molecule has 0 nitrogen and oxygen atoms in total. The summed E-state index contributed by atoms with van der Waals surface area (Å²) in [5.41, 5.74) is 6.14. The van der Waals surface area contributed by atoms with Crippen molar-refractivity contribution >= 4 is 0 Å². The smallest absolute Gasteiger partial charge is 0.123 e. The summed E-state index contributed by atoms with van der Waals surface area (Å²) in [5, 5.41) is 0. The predicted octanol–water partition coefficient (Wildman–Crippen LogP) is 4.27. The fraction of sp³-hybridized carbons (Fsp3) is 0.200. The second kappa shape index (κ2) is 3.18. The van der Waals surface area contributed by atoms with Gasteiger partial charge in [-0.15, -0.1) is 0 Å². The van der Waals surface area contributed by atoms with Crippen molar-refractivity contribution in [3.05, 3.63) is 58.9 Å². The minimum atomic E-state index is -0.143. The van der Waals surface area contributed by atoms with Gasteiger partial charge in [-0.2, -0.15) is 0 Å². The van der Waals surface area contributed by atoms with Crippen molar-refractivity contribution in [3.63, 3.8) is 0 Å². The van der Waals surface area contributed by atoms with Crippen LogP contribution in [0.1, 0.15) is 29.5 Å². The highest BCUT2D eigenvalue weighted by atomic mass is 19.1. The Morgan fingerprint density at radius 1 is 0.938 bits per heavy atom. The van der Waals surface area contributed by atoms with Crippen LogP contribution in [0.25, 0.3) is 11.1 Å². The molecule has 0 fully saturated rings. The zero-order chi connectivity index (χ0) is 11.3. The van der Waals surface area contributed by atoms with Crippen molar-refractivity contribution in [2.75, 3.05) is 0 Å². The molecule has 0 spiro atoms. The number of aryl methyl sites for hydroxylation is 1. The first kappa shape index (κ1) is 9.59. The first-order chi connectivity index (χ1) is 7.66. The Kier molecular flexibility index (Phi) is 1.90. The van der Waals surface area contributed by atoms with Gasteiger partial charge in [-0.3, -0.25) is 0 Å². The van der Waals surface area contributed by atoms with Gasteiger partial charge in [-0.05, 0) is 41.3 Å². The van der Waals surface area contributed by atoms with Crippen LogP contribution in [-0.2, 0) is 0 Å². The minimum absolute atomic E-state index is 0.143. The molecule has 0 radical (unpaired) electrons. The maximum atomic E-state index is 13.2. The van der Waals surface area contributed by atoms with Gasteiger partial charge in [0.05, 0.1) is 0 Å². The molecule has 1 unspecified atom stereocenters. The third-order valence-electron chi connectivity index (χ3n) is 3.44. The molecular weight excluding hydrogens is 199 g/mol. The van der Waals surface area contributed by atoms with Gasteiger partial charge in [0.15, 0.2) is 0 Å². The lowest BCUT2D eigenvalue weighted by Gasteiger charge is -2.06. The van der Waals surface area contributed by atoms with Crippen molar-refractivity contribution in [2.45, 2.75) is 19.8 Å². The van der Waals surface area contributed by atoms with E-state index in [1.165, 1.54) is 22.3 Å².